The summed E-state index contributed by atoms with van der Waals surface area (Å²) in [6.07, 6.45) is 1.82. The molecule has 3 N–H and O–H groups in total. The molecule has 0 saturated carbocycles. The lowest BCUT2D eigenvalue weighted by molar-refractivity contribution is -0.120. The highest BCUT2D eigenvalue weighted by atomic mass is 16.2. The van der Waals surface area contributed by atoms with Crippen LogP contribution in [0, 0.1) is 0 Å². The number of nitrogens with two attached hydrogens (primary N) is 1. The molecule has 5 heteroatoms. The molecule has 1 unspecified atom stereocenters. The van der Waals surface area contributed by atoms with Crippen LogP contribution >= 0.6 is 0 Å². The standard InChI is InChI=1S/C14H19N3O2/c1-10(18)16-13-6-3-7-17(9-13)14(19)11-4-2-5-12(15)8-11/h2,4-5,8,13H,3,6-7,9,15H2,1H3,(H,16,18). The van der Waals surface area contributed by atoms with Crippen molar-refractivity contribution < 1.29 is 9.59 Å². The smallest absolute Gasteiger partial charge is 0.253 e. The van der Waals surface area contributed by atoms with Gasteiger partial charge in [0.2, 0.25) is 5.91 Å². The summed E-state index contributed by atoms with van der Waals surface area (Å²) in [5.74, 6) is -0.0781. The third kappa shape index (κ3) is 3.47. The fraction of sp³-hybridized carbons (Fsp3) is 0.429. The number of hydrogen-bond acceptors (Lipinski definition) is 3. The Kier molecular flexibility index (Phi) is 4.04. The maximum Gasteiger partial charge on any atom is 0.253 e. The lowest BCUT2D eigenvalue weighted by Crippen LogP contribution is -2.49. The second-order valence-corrected chi connectivity index (χ2v) is 4.92. The molecule has 1 atom stereocenters. The first-order chi connectivity index (χ1) is 9.06. The minimum Gasteiger partial charge on any atom is -0.399 e. The molecule has 1 aliphatic rings. The number of anilines is 1. The number of likely N-dealkylation sites (tertiary alicyclic amines) is 1. The molecule has 1 heterocycles. The van der Waals surface area contributed by atoms with Gasteiger partial charge in [-0.05, 0) is 31.0 Å². The summed E-state index contributed by atoms with van der Waals surface area (Å²) in [5, 5.41) is 2.87. The van der Waals surface area contributed by atoms with Gasteiger partial charge >= 0.3 is 0 Å². The number of amides is 2. The molecular formula is C14H19N3O2. The van der Waals surface area contributed by atoms with Gasteiger partial charge in [-0.3, -0.25) is 9.59 Å². The van der Waals surface area contributed by atoms with Gasteiger partial charge in [0.25, 0.3) is 5.91 Å². The van der Waals surface area contributed by atoms with Crippen molar-refractivity contribution in [2.24, 2.45) is 0 Å². The summed E-state index contributed by atoms with van der Waals surface area (Å²) in [7, 11) is 0. The van der Waals surface area contributed by atoms with Crippen molar-refractivity contribution in [1.29, 1.82) is 0 Å². The predicted octanol–water partition coefficient (Wildman–Crippen LogP) is 1.01. The fourth-order valence-electron chi connectivity index (χ4n) is 2.42. The lowest BCUT2D eigenvalue weighted by atomic mass is 10.0. The van der Waals surface area contributed by atoms with Crippen molar-refractivity contribution in [2.45, 2.75) is 25.8 Å². The Balaban J connectivity index is 2.04. The first kappa shape index (κ1) is 13.4. The van der Waals surface area contributed by atoms with Gasteiger partial charge in [-0.1, -0.05) is 6.07 Å². The molecule has 1 fully saturated rings. The topological polar surface area (TPSA) is 75.4 Å². The van der Waals surface area contributed by atoms with Gasteiger partial charge in [0, 0.05) is 37.3 Å². The van der Waals surface area contributed by atoms with Gasteiger partial charge in [-0.15, -0.1) is 0 Å². The molecule has 0 radical (unpaired) electrons. The molecular weight excluding hydrogens is 242 g/mol. The van der Waals surface area contributed by atoms with Crippen LogP contribution in [0.15, 0.2) is 24.3 Å². The first-order valence-electron chi connectivity index (χ1n) is 6.48. The second kappa shape index (κ2) is 5.73. The fourth-order valence-corrected chi connectivity index (χ4v) is 2.42. The second-order valence-electron chi connectivity index (χ2n) is 4.92. The van der Waals surface area contributed by atoms with Gasteiger partial charge in [-0.2, -0.15) is 0 Å². The van der Waals surface area contributed by atoms with Crippen molar-refractivity contribution in [3.8, 4) is 0 Å². The van der Waals surface area contributed by atoms with Gasteiger partial charge in [0.1, 0.15) is 0 Å². The number of nitrogens with one attached hydrogen (secondary N) is 1. The van der Waals surface area contributed by atoms with E-state index in [9.17, 15) is 9.59 Å². The van der Waals surface area contributed by atoms with Crippen molar-refractivity contribution in [1.82, 2.24) is 10.2 Å². The normalized spacial score (nSPS) is 19.0. The molecule has 2 rings (SSSR count). The van der Waals surface area contributed by atoms with Crippen LogP contribution < -0.4 is 11.1 Å². The number of piperidine rings is 1. The van der Waals surface area contributed by atoms with E-state index in [0.29, 0.717) is 17.8 Å². The highest BCUT2D eigenvalue weighted by Crippen LogP contribution is 2.15. The Hall–Kier alpha value is -2.04. The van der Waals surface area contributed by atoms with Gasteiger partial charge in [0.15, 0.2) is 0 Å². The largest absolute Gasteiger partial charge is 0.399 e. The molecule has 5 nitrogen and oxygen atoms in total. The highest BCUT2D eigenvalue weighted by Gasteiger charge is 2.24. The monoisotopic (exact) mass is 261 g/mol. The summed E-state index contributed by atoms with van der Waals surface area (Å²) in [6.45, 7) is 2.79. The summed E-state index contributed by atoms with van der Waals surface area (Å²) in [5.41, 5.74) is 6.88. The van der Waals surface area contributed by atoms with Gasteiger partial charge < -0.3 is 16.0 Å². The molecule has 1 aromatic carbocycles. The van der Waals surface area contributed by atoms with Crippen LogP contribution in [0.4, 0.5) is 5.69 Å². The highest BCUT2D eigenvalue weighted by molar-refractivity contribution is 5.95. The number of benzene rings is 1. The molecule has 102 valence electrons. The molecule has 1 aromatic rings. The zero-order valence-electron chi connectivity index (χ0n) is 11.1. The van der Waals surface area contributed by atoms with E-state index in [4.69, 9.17) is 5.73 Å². The number of nitrogens with zero attached hydrogens (tertiary/aromatic N) is 1. The van der Waals surface area contributed by atoms with Crippen LogP contribution in [0.2, 0.25) is 0 Å². The molecule has 0 spiro atoms. The maximum atomic E-state index is 12.3. The summed E-state index contributed by atoms with van der Waals surface area (Å²) < 4.78 is 0. The summed E-state index contributed by atoms with van der Waals surface area (Å²) in [4.78, 5) is 25.2. The third-order valence-corrected chi connectivity index (χ3v) is 3.25. The molecule has 1 aliphatic heterocycles. The Bertz CT molecular complexity index is 487. The molecule has 1 saturated heterocycles. The third-order valence-electron chi connectivity index (χ3n) is 3.25. The zero-order chi connectivity index (χ0) is 13.8. The number of rotatable bonds is 2. The number of hydrogen-bond donors (Lipinski definition) is 2. The predicted molar refractivity (Wildman–Crippen MR) is 73.6 cm³/mol. The van der Waals surface area contributed by atoms with Gasteiger partial charge in [-0.25, -0.2) is 0 Å². The Morgan fingerprint density at radius 3 is 2.89 bits per heavy atom. The molecule has 2 amide bonds. The van der Waals surface area contributed by atoms with Crippen LogP contribution in [0.3, 0.4) is 0 Å². The van der Waals surface area contributed by atoms with Crippen molar-refractivity contribution in [3.63, 3.8) is 0 Å². The average molecular weight is 261 g/mol. The molecule has 0 aliphatic carbocycles. The van der Waals surface area contributed by atoms with Gasteiger partial charge in [0.05, 0.1) is 0 Å². The lowest BCUT2D eigenvalue weighted by Gasteiger charge is -2.33. The first-order valence-corrected chi connectivity index (χ1v) is 6.48. The average Bonchev–Trinajstić information content (AvgIpc) is 2.37. The van der Waals surface area contributed by atoms with Crippen LogP contribution in [-0.4, -0.2) is 35.8 Å². The van der Waals surface area contributed by atoms with E-state index >= 15 is 0 Å². The van der Waals surface area contributed by atoms with Crippen LogP contribution in [-0.2, 0) is 4.79 Å². The quantitative estimate of drug-likeness (QED) is 0.780. The van der Waals surface area contributed by atoms with E-state index in [1.807, 2.05) is 0 Å². The minimum absolute atomic E-state index is 0.0256. The van der Waals surface area contributed by atoms with E-state index < -0.39 is 0 Å². The summed E-state index contributed by atoms with van der Waals surface area (Å²) >= 11 is 0. The minimum atomic E-state index is -0.0525. The van der Waals surface area contributed by atoms with E-state index in [1.54, 1.807) is 29.2 Å². The van der Waals surface area contributed by atoms with E-state index in [2.05, 4.69) is 5.32 Å². The maximum absolute atomic E-state index is 12.3. The Morgan fingerprint density at radius 1 is 1.42 bits per heavy atom. The van der Waals surface area contributed by atoms with Crippen LogP contribution in [0.25, 0.3) is 0 Å². The SMILES string of the molecule is CC(=O)NC1CCCN(C(=O)c2cccc(N)c2)C1. The van der Waals surface area contributed by atoms with E-state index in [1.165, 1.54) is 6.92 Å². The van der Waals surface area contributed by atoms with Crippen molar-refractivity contribution >= 4 is 17.5 Å². The number of nitrogen functional groups attached to an aromatic ring is 1. The van der Waals surface area contributed by atoms with Crippen molar-refractivity contribution in [2.75, 3.05) is 18.8 Å². The molecule has 0 bridgehead atoms. The zero-order valence-corrected chi connectivity index (χ0v) is 11.1. The Morgan fingerprint density at radius 2 is 2.21 bits per heavy atom. The Labute approximate surface area is 112 Å². The number of carbonyl (C=O) groups is 2. The van der Waals surface area contributed by atoms with Crippen LogP contribution in [0.1, 0.15) is 30.1 Å². The van der Waals surface area contributed by atoms with Crippen LogP contribution in [0.5, 0.6) is 0 Å². The molecule has 0 aromatic heterocycles. The van der Waals surface area contributed by atoms with E-state index in [-0.39, 0.29) is 17.9 Å². The van der Waals surface area contributed by atoms with Crippen molar-refractivity contribution in [3.05, 3.63) is 29.8 Å². The number of carbonyl (C=O) groups excluding carboxylic acids is 2. The summed E-state index contributed by atoms with van der Waals surface area (Å²) in [6, 6.07) is 7.03. The van der Waals surface area contributed by atoms with E-state index in [0.717, 1.165) is 19.4 Å². The molecule has 19 heavy (non-hydrogen) atoms.